The molecule has 4 aliphatic rings. The lowest BCUT2D eigenvalue weighted by Crippen LogP contribution is -2.24. The molecule has 2 unspecified atom stereocenters. The summed E-state index contributed by atoms with van der Waals surface area (Å²) in [5, 5.41) is 17.8. The van der Waals surface area contributed by atoms with Crippen LogP contribution in [0.4, 0.5) is 0 Å². The lowest BCUT2D eigenvalue weighted by atomic mass is 9.90. The number of aromatic carboxylic acids is 1. The Morgan fingerprint density at radius 1 is 0.731 bits per heavy atom. The molecule has 4 aromatic heterocycles. The highest BCUT2D eigenvalue weighted by Crippen LogP contribution is 2.49. The minimum atomic E-state index is -1.10. The number of nitrogens with zero attached hydrogens (tertiary/aromatic N) is 6. The molecular weight excluding hydrogens is 707 g/mol. The highest BCUT2D eigenvalue weighted by molar-refractivity contribution is 6.32. The maximum atomic E-state index is 12.2. The fourth-order valence-electron chi connectivity index (χ4n) is 8.32. The lowest BCUT2D eigenvalue weighted by Gasteiger charge is -2.20. The van der Waals surface area contributed by atoms with Crippen LogP contribution >= 0.6 is 23.2 Å². The minimum absolute atomic E-state index is 0.0275. The Hall–Kier alpha value is -4.16. The number of fused-ring (bicyclic) bond motifs is 4. The average Bonchev–Trinajstić information content (AvgIpc) is 3.96. The van der Waals surface area contributed by atoms with Gasteiger partial charge in [-0.3, -0.25) is 0 Å². The summed E-state index contributed by atoms with van der Waals surface area (Å²) in [6.45, 7) is 6.86. The van der Waals surface area contributed by atoms with Crippen LogP contribution < -0.4 is 9.47 Å². The standard InChI is InChI=1S/C21H26ClN3O3.C17H18ClN3O3/c1-21(2,3)28-20(26)16-6-7-17(23-19(16)22)25-9-8-18(24-25)27-12-15-11-13-4-5-14(15)10-13;18-16-13(17(22)23)3-4-14(19-16)21-6-5-15(20-21)24-9-12-8-10-1-2-11(12)7-10/h6-9,13-15H,4-5,10-12H2,1-3H3;3-6,10-12H,1-2,7-9H2,(H,22,23)/t13-,14+,15?;10-,11+,12?/m11/s1. The minimum Gasteiger partial charge on any atom is -0.478 e. The summed E-state index contributed by atoms with van der Waals surface area (Å²) in [4.78, 5) is 31.5. The van der Waals surface area contributed by atoms with Gasteiger partial charge in [0.2, 0.25) is 11.8 Å². The number of pyridine rings is 2. The van der Waals surface area contributed by atoms with Gasteiger partial charge in [-0.25, -0.2) is 28.9 Å². The van der Waals surface area contributed by atoms with Crippen LogP contribution in [-0.4, -0.2) is 65.4 Å². The summed E-state index contributed by atoms with van der Waals surface area (Å²) in [5.74, 6) is 5.28. The fourth-order valence-corrected chi connectivity index (χ4v) is 8.78. The molecule has 12 nitrogen and oxygen atoms in total. The number of aromatic nitrogens is 6. The van der Waals surface area contributed by atoms with Crippen molar-refractivity contribution in [2.45, 2.75) is 77.7 Å². The van der Waals surface area contributed by atoms with E-state index >= 15 is 0 Å². The average molecular weight is 752 g/mol. The van der Waals surface area contributed by atoms with Crippen LogP contribution in [0.3, 0.4) is 0 Å². The first-order valence-corrected chi connectivity index (χ1v) is 18.8. The molecule has 0 aliphatic heterocycles. The van der Waals surface area contributed by atoms with E-state index in [-0.39, 0.29) is 21.4 Å². The molecule has 8 rings (SSSR count). The summed E-state index contributed by atoms with van der Waals surface area (Å²) in [7, 11) is 0. The van der Waals surface area contributed by atoms with Crippen molar-refractivity contribution in [3.05, 3.63) is 70.2 Å². The van der Waals surface area contributed by atoms with Gasteiger partial charge >= 0.3 is 11.9 Å². The molecule has 0 saturated heterocycles. The zero-order valence-electron chi connectivity index (χ0n) is 29.6. The predicted octanol–water partition coefficient (Wildman–Crippen LogP) is 8.12. The highest BCUT2D eigenvalue weighted by Gasteiger charge is 2.40. The Labute approximate surface area is 312 Å². The Bertz CT molecular complexity index is 1920. The van der Waals surface area contributed by atoms with Gasteiger partial charge in [0.1, 0.15) is 15.9 Å². The zero-order chi connectivity index (χ0) is 36.6. The van der Waals surface area contributed by atoms with Crippen molar-refractivity contribution in [2.75, 3.05) is 13.2 Å². The van der Waals surface area contributed by atoms with Crippen molar-refractivity contribution in [3.8, 4) is 23.4 Å². The normalized spacial score (nSPS) is 24.4. The zero-order valence-corrected chi connectivity index (χ0v) is 31.1. The number of hydrogen-bond acceptors (Lipinski definition) is 9. The molecule has 4 fully saturated rings. The van der Waals surface area contributed by atoms with Gasteiger partial charge in [-0.15, -0.1) is 10.2 Å². The number of rotatable bonds is 10. The van der Waals surface area contributed by atoms with E-state index in [1.165, 1.54) is 62.1 Å². The van der Waals surface area contributed by atoms with Crippen molar-refractivity contribution < 1.29 is 28.9 Å². The Kier molecular flexibility index (Phi) is 10.5. The second-order valence-electron chi connectivity index (χ2n) is 15.5. The summed E-state index contributed by atoms with van der Waals surface area (Å²) >= 11 is 12.1. The molecule has 276 valence electrons. The first-order chi connectivity index (χ1) is 24.9. The van der Waals surface area contributed by atoms with Crippen molar-refractivity contribution in [1.29, 1.82) is 0 Å². The third kappa shape index (κ3) is 8.39. The van der Waals surface area contributed by atoms with Crippen molar-refractivity contribution in [1.82, 2.24) is 29.5 Å². The van der Waals surface area contributed by atoms with Crippen molar-refractivity contribution in [2.24, 2.45) is 35.5 Å². The molecule has 0 aromatic carbocycles. The number of esters is 1. The van der Waals surface area contributed by atoms with E-state index in [2.05, 4.69) is 20.2 Å². The summed E-state index contributed by atoms with van der Waals surface area (Å²) in [6.07, 6.45) is 14.3. The topological polar surface area (TPSA) is 143 Å². The fraction of sp³-hybridized carbons (Fsp3) is 0.526. The lowest BCUT2D eigenvalue weighted by molar-refractivity contribution is 0.00690. The molecule has 4 aliphatic carbocycles. The molecule has 14 heteroatoms. The molecule has 6 atom stereocenters. The largest absolute Gasteiger partial charge is 0.478 e. The molecule has 52 heavy (non-hydrogen) atoms. The summed E-state index contributed by atoms with van der Waals surface area (Å²) in [6, 6.07) is 9.90. The van der Waals surface area contributed by atoms with Gasteiger partial charge in [-0.1, -0.05) is 36.0 Å². The van der Waals surface area contributed by atoms with Crippen molar-refractivity contribution >= 4 is 35.1 Å². The number of carbonyl (C=O) groups excluding carboxylic acids is 1. The van der Waals surface area contributed by atoms with Crippen LogP contribution in [0.5, 0.6) is 11.8 Å². The van der Waals surface area contributed by atoms with E-state index in [4.69, 9.17) is 42.5 Å². The van der Waals surface area contributed by atoms with Gasteiger partial charge in [-0.05, 0) is 119 Å². The number of halogens is 2. The highest BCUT2D eigenvalue weighted by atomic mass is 35.5. The van der Waals surface area contributed by atoms with Gasteiger partial charge in [0.15, 0.2) is 11.6 Å². The van der Waals surface area contributed by atoms with Gasteiger partial charge in [-0.2, -0.15) is 0 Å². The van der Waals surface area contributed by atoms with E-state index in [1.54, 1.807) is 41.3 Å². The van der Waals surface area contributed by atoms with Crippen LogP contribution in [0.1, 0.15) is 92.9 Å². The van der Waals surface area contributed by atoms with E-state index < -0.39 is 17.5 Å². The van der Waals surface area contributed by atoms with Crippen LogP contribution in [0.2, 0.25) is 10.3 Å². The van der Waals surface area contributed by atoms with Gasteiger partial charge < -0.3 is 19.3 Å². The smallest absolute Gasteiger partial charge is 0.341 e. The molecule has 0 spiro atoms. The molecule has 4 aromatic rings. The molecule has 1 N–H and O–H groups in total. The first-order valence-electron chi connectivity index (χ1n) is 18.1. The summed E-state index contributed by atoms with van der Waals surface area (Å²) in [5.41, 5.74) is -0.382. The Morgan fingerprint density at radius 2 is 1.21 bits per heavy atom. The van der Waals surface area contributed by atoms with Crippen LogP contribution in [0.15, 0.2) is 48.8 Å². The maximum Gasteiger partial charge on any atom is 0.341 e. The Morgan fingerprint density at radius 3 is 1.60 bits per heavy atom. The van der Waals surface area contributed by atoms with Crippen LogP contribution in [0.25, 0.3) is 11.6 Å². The monoisotopic (exact) mass is 750 g/mol. The quantitative estimate of drug-likeness (QED) is 0.125. The second-order valence-corrected chi connectivity index (χ2v) is 16.2. The molecule has 0 amide bonds. The molecule has 4 saturated carbocycles. The second kappa shape index (κ2) is 15.1. The Balaban J connectivity index is 0.000000164. The number of carbonyl (C=O) groups is 2. The summed E-state index contributed by atoms with van der Waals surface area (Å²) < 4.78 is 20.3. The van der Waals surface area contributed by atoms with Gasteiger partial charge in [0, 0.05) is 24.5 Å². The van der Waals surface area contributed by atoms with Crippen molar-refractivity contribution in [3.63, 3.8) is 0 Å². The third-order valence-electron chi connectivity index (χ3n) is 10.8. The van der Waals surface area contributed by atoms with Gasteiger partial charge in [0.25, 0.3) is 0 Å². The molecule has 0 radical (unpaired) electrons. The van der Waals surface area contributed by atoms with Crippen LogP contribution in [0, 0.1) is 35.5 Å². The number of hydrogen-bond donors (Lipinski definition) is 1. The van der Waals surface area contributed by atoms with E-state index in [0.29, 0.717) is 41.8 Å². The maximum absolute atomic E-state index is 12.2. The molecule has 4 heterocycles. The number of ether oxygens (including phenoxy) is 3. The first kappa shape index (κ1) is 36.2. The van der Waals surface area contributed by atoms with E-state index in [0.717, 1.165) is 30.3 Å². The predicted molar refractivity (Wildman–Crippen MR) is 194 cm³/mol. The molecular formula is C38H44Cl2N6O6. The van der Waals surface area contributed by atoms with E-state index in [1.807, 2.05) is 26.8 Å². The van der Waals surface area contributed by atoms with E-state index in [9.17, 15) is 9.59 Å². The van der Waals surface area contributed by atoms with Gasteiger partial charge in [0.05, 0.1) is 24.3 Å². The SMILES string of the molecule is CC(C)(C)OC(=O)c1ccc(-n2ccc(OCC3C[C@@H]4CC[C@H]3C4)n2)nc1Cl.O=C(O)c1ccc(-n2ccc(OCC3C[C@@H]4CC[C@H]3C4)n2)nc1Cl. The number of carboxylic acids is 1. The molecule has 4 bridgehead atoms. The third-order valence-corrected chi connectivity index (χ3v) is 11.4. The van der Waals surface area contributed by atoms with Crippen LogP contribution in [-0.2, 0) is 4.74 Å². The number of carboxylic acid groups (broad SMARTS) is 1.